The molecule has 0 aliphatic rings. The van der Waals surface area contributed by atoms with Crippen molar-refractivity contribution >= 4 is 17.4 Å². The molecule has 18 heavy (non-hydrogen) atoms. The van der Waals surface area contributed by atoms with Crippen LogP contribution in [0.25, 0.3) is 0 Å². The maximum Gasteiger partial charge on any atom is 0.129 e. The van der Waals surface area contributed by atoms with Crippen LogP contribution < -0.4 is 11.1 Å². The number of hydrogen-bond acceptors (Lipinski definition) is 3. The third-order valence-electron chi connectivity index (χ3n) is 2.74. The molecule has 0 aliphatic heterocycles. The van der Waals surface area contributed by atoms with Crippen LogP contribution in [0.15, 0.2) is 36.5 Å². The predicted molar refractivity (Wildman–Crippen MR) is 71.0 cm³/mol. The van der Waals surface area contributed by atoms with Crippen LogP contribution in [-0.2, 0) is 0 Å². The summed E-state index contributed by atoms with van der Waals surface area (Å²) in [5, 5.41) is 3.40. The molecule has 94 valence electrons. The zero-order valence-electron chi connectivity index (χ0n) is 9.82. The van der Waals surface area contributed by atoms with Crippen LogP contribution in [0.3, 0.4) is 0 Å². The van der Waals surface area contributed by atoms with E-state index in [1.165, 1.54) is 6.07 Å². The number of benzene rings is 1. The Balaban J connectivity index is 2.49. The standard InChI is InChI=1S/C13H13ClFN3/c1-17-12(10-3-2-6-18-13(10)16)9-5-4-8(14)7-11(9)15/h2-7,12,17H,1H3,(H2,16,18). The summed E-state index contributed by atoms with van der Waals surface area (Å²) >= 11 is 5.74. The number of halogens is 2. The van der Waals surface area contributed by atoms with Gasteiger partial charge in [0.05, 0.1) is 6.04 Å². The molecule has 0 amide bonds. The predicted octanol–water partition coefficient (Wildman–Crippen LogP) is 2.77. The molecule has 3 N–H and O–H groups in total. The van der Waals surface area contributed by atoms with Crippen molar-refractivity contribution in [2.75, 3.05) is 12.8 Å². The van der Waals surface area contributed by atoms with Gasteiger partial charge in [0.2, 0.25) is 0 Å². The van der Waals surface area contributed by atoms with Crippen molar-refractivity contribution in [1.82, 2.24) is 10.3 Å². The fourth-order valence-electron chi connectivity index (χ4n) is 1.89. The number of anilines is 1. The van der Waals surface area contributed by atoms with Gasteiger partial charge in [0.15, 0.2) is 0 Å². The zero-order chi connectivity index (χ0) is 13.1. The molecule has 0 spiro atoms. The second-order valence-electron chi connectivity index (χ2n) is 3.87. The molecule has 0 radical (unpaired) electrons. The van der Waals surface area contributed by atoms with Crippen molar-refractivity contribution in [1.29, 1.82) is 0 Å². The highest BCUT2D eigenvalue weighted by atomic mass is 35.5. The van der Waals surface area contributed by atoms with Crippen LogP contribution in [0.1, 0.15) is 17.2 Å². The first kappa shape index (κ1) is 12.8. The molecule has 0 saturated heterocycles. The molecule has 2 aromatic rings. The van der Waals surface area contributed by atoms with E-state index in [1.54, 1.807) is 31.4 Å². The van der Waals surface area contributed by atoms with E-state index in [4.69, 9.17) is 17.3 Å². The fraction of sp³-hybridized carbons (Fsp3) is 0.154. The molecule has 0 saturated carbocycles. The monoisotopic (exact) mass is 265 g/mol. The van der Waals surface area contributed by atoms with Gasteiger partial charge in [-0.1, -0.05) is 23.7 Å². The van der Waals surface area contributed by atoms with Crippen LogP contribution >= 0.6 is 11.6 Å². The highest BCUT2D eigenvalue weighted by Crippen LogP contribution is 2.28. The van der Waals surface area contributed by atoms with Crippen LogP contribution in [0.4, 0.5) is 10.2 Å². The number of pyridine rings is 1. The number of aromatic nitrogens is 1. The minimum Gasteiger partial charge on any atom is -0.383 e. The van der Waals surface area contributed by atoms with Gasteiger partial charge in [0.1, 0.15) is 11.6 Å². The summed E-state index contributed by atoms with van der Waals surface area (Å²) in [5.74, 6) is 0.0105. The normalized spacial score (nSPS) is 12.4. The van der Waals surface area contributed by atoms with E-state index in [0.717, 1.165) is 5.56 Å². The van der Waals surface area contributed by atoms with Crippen molar-refractivity contribution in [3.05, 3.63) is 58.5 Å². The van der Waals surface area contributed by atoms with E-state index in [0.29, 0.717) is 16.4 Å². The summed E-state index contributed by atoms with van der Waals surface area (Å²) in [5.41, 5.74) is 7.04. The van der Waals surface area contributed by atoms with Crippen LogP contribution in [0.2, 0.25) is 5.02 Å². The Morgan fingerprint density at radius 1 is 1.33 bits per heavy atom. The van der Waals surface area contributed by atoms with Crippen LogP contribution in [-0.4, -0.2) is 12.0 Å². The number of rotatable bonds is 3. The molecule has 1 atom stereocenters. The molecule has 3 nitrogen and oxygen atoms in total. The number of nitrogens with one attached hydrogen (secondary N) is 1. The lowest BCUT2D eigenvalue weighted by Crippen LogP contribution is -2.20. The molecule has 5 heteroatoms. The van der Waals surface area contributed by atoms with E-state index in [2.05, 4.69) is 10.3 Å². The fourth-order valence-corrected chi connectivity index (χ4v) is 2.05. The molecular formula is C13H13ClFN3. The Morgan fingerprint density at radius 3 is 2.72 bits per heavy atom. The van der Waals surface area contributed by atoms with Gasteiger partial charge in [-0.05, 0) is 25.2 Å². The van der Waals surface area contributed by atoms with E-state index >= 15 is 0 Å². The van der Waals surface area contributed by atoms with Crippen molar-refractivity contribution < 1.29 is 4.39 Å². The molecule has 0 fully saturated rings. The number of nitrogens with two attached hydrogens (primary N) is 1. The first-order valence-corrected chi connectivity index (χ1v) is 5.84. The largest absolute Gasteiger partial charge is 0.383 e. The molecule has 0 aliphatic carbocycles. The van der Waals surface area contributed by atoms with Gasteiger partial charge in [-0.3, -0.25) is 0 Å². The second-order valence-corrected chi connectivity index (χ2v) is 4.30. The first-order valence-electron chi connectivity index (χ1n) is 5.46. The van der Waals surface area contributed by atoms with Crippen molar-refractivity contribution in [2.45, 2.75) is 6.04 Å². The number of nitrogen functional groups attached to an aromatic ring is 1. The van der Waals surface area contributed by atoms with Crippen LogP contribution in [0.5, 0.6) is 0 Å². The number of hydrogen-bond donors (Lipinski definition) is 2. The smallest absolute Gasteiger partial charge is 0.129 e. The Kier molecular flexibility index (Phi) is 3.79. The quantitative estimate of drug-likeness (QED) is 0.897. The van der Waals surface area contributed by atoms with Gasteiger partial charge in [-0.15, -0.1) is 0 Å². The average Bonchev–Trinajstić information content (AvgIpc) is 2.34. The highest BCUT2D eigenvalue weighted by molar-refractivity contribution is 6.30. The van der Waals surface area contributed by atoms with E-state index in [9.17, 15) is 4.39 Å². The Bertz CT molecular complexity index is 560. The van der Waals surface area contributed by atoms with Gasteiger partial charge in [-0.2, -0.15) is 0 Å². The third-order valence-corrected chi connectivity index (χ3v) is 2.98. The van der Waals surface area contributed by atoms with Gasteiger partial charge >= 0.3 is 0 Å². The minimum atomic E-state index is -0.370. The van der Waals surface area contributed by atoms with E-state index < -0.39 is 0 Å². The van der Waals surface area contributed by atoms with Gasteiger partial charge in [-0.25, -0.2) is 9.37 Å². The lowest BCUT2D eigenvalue weighted by Gasteiger charge is -2.19. The minimum absolute atomic E-state index is 0.351. The first-order chi connectivity index (χ1) is 8.63. The summed E-state index contributed by atoms with van der Waals surface area (Å²) in [4.78, 5) is 4.01. The van der Waals surface area contributed by atoms with Crippen molar-refractivity contribution in [2.24, 2.45) is 0 Å². The summed E-state index contributed by atoms with van der Waals surface area (Å²) in [6, 6.07) is 7.81. The third kappa shape index (κ3) is 2.44. The SMILES string of the molecule is CNC(c1ccc(Cl)cc1F)c1cccnc1N. The highest BCUT2D eigenvalue weighted by Gasteiger charge is 2.18. The van der Waals surface area contributed by atoms with Gasteiger partial charge in [0.25, 0.3) is 0 Å². The maximum atomic E-state index is 13.9. The molecule has 1 aromatic carbocycles. The summed E-state index contributed by atoms with van der Waals surface area (Å²) < 4.78 is 13.9. The maximum absolute atomic E-state index is 13.9. The zero-order valence-corrected chi connectivity index (χ0v) is 10.6. The van der Waals surface area contributed by atoms with Crippen molar-refractivity contribution in [3.63, 3.8) is 0 Å². The lowest BCUT2D eigenvalue weighted by atomic mass is 9.99. The molecule has 2 rings (SSSR count). The average molecular weight is 266 g/mol. The Labute approximate surface area is 110 Å². The molecule has 1 unspecified atom stereocenters. The van der Waals surface area contributed by atoms with Crippen molar-refractivity contribution in [3.8, 4) is 0 Å². The Morgan fingerprint density at radius 2 is 2.11 bits per heavy atom. The summed E-state index contributed by atoms with van der Waals surface area (Å²) in [6.07, 6.45) is 1.60. The molecule has 1 heterocycles. The second kappa shape index (κ2) is 5.33. The van der Waals surface area contributed by atoms with Gasteiger partial charge < -0.3 is 11.1 Å². The molecule has 0 bridgehead atoms. The Hall–Kier alpha value is -1.65. The summed E-state index contributed by atoms with van der Waals surface area (Å²) in [7, 11) is 1.74. The van der Waals surface area contributed by atoms with Gasteiger partial charge in [0, 0.05) is 22.3 Å². The summed E-state index contributed by atoms with van der Waals surface area (Å²) in [6.45, 7) is 0. The topological polar surface area (TPSA) is 50.9 Å². The molecular weight excluding hydrogens is 253 g/mol. The van der Waals surface area contributed by atoms with Crippen LogP contribution in [0, 0.1) is 5.82 Å². The molecule has 1 aromatic heterocycles. The van der Waals surface area contributed by atoms with E-state index in [1.807, 2.05) is 6.07 Å². The lowest BCUT2D eigenvalue weighted by molar-refractivity contribution is 0.576. The number of nitrogens with zero attached hydrogens (tertiary/aromatic N) is 1. The van der Waals surface area contributed by atoms with E-state index in [-0.39, 0.29) is 11.9 Å².